The van der Waals surface area contributed by atoms with E-state index in [1.54, 1.807) is 60.7 Å². The Labute approximate surface area is 297 Å². The molecule has 0 saturated carbocycles. The van der Waals surface area contributed by atoms with E-state index < -0.39 is 69.8 Å². The molecular formula is C34H36ClF3N4O6S2. The van der Waals surface area contributed by atoms with Crippen molar-refractivity contribution in [1.82, 2.24) is 9.21 Å². The highest BCUT2D eigenvalue weighted by atomic mass is 35.5. The summed E-state index contributed by atoms with van der Waals surface area (Å²) in [5.41, 5.74) is 13.4. The third-order valence-electron chi connectivity index (χ3n) is 7.92. The van der Waals surface area contributed by atoms with Crippen molar-refractivity contribution in [3.05, 3.63) is 117 Å². The lowest BCUT2D eigenvalue weighted by Gasteiger charge is -2.34. The second-order valence-corrected chi connectivity index (χ2v) is 14.9. The Kier molecular flexibility index (Phi) is 12.4. The number of alkyl halides is 3. The number of anilines is 1. The maximum Gasteiger partial charge on any atom is 0.417 e. The van der Waals surface area contributed by atoms with Crippen LogP contribution in [0.1, 0.15) is 52.7 Å². The molecule has 5 N–H and O–H groups in total. The fourth-order valence-electron chi connectivity index (χ4n) is 5.67. The van der Waals surface area contributed by atoms with E-state index in [1.165, 1.54) is 32.0 Å². The van der Waals surface area contributed by atoms with Crippen molar-refractivity contribution in [1.29, 1.82) is 0 Å². The molecule has 2 amide bonds. The fraction of sp³-hybridized carbons (Fsp3) is 0.294. The third-order valence-corrected chi connectivity index (χ3v) is 11.6. The second kappa shape index (κ2) is 15.9. The third kappa shape index (κ3) is 8.14. The number of hydrogen-bond donors (Lipinski definition) is 3. The van der Waals surface area contributed by atoms with Gasteiger partial charge in [0.05, 0.1) is 41.4 Å². The first-order valence-corrected chi connectivity index (χ1v) is 17.8. The highest BCUT2D eigenvalue weighted by Crippen LogP contribution is 2.44. The normalized spacial score (nSPS) is 14.1. The summed E-state index contributed by atoms with van der Waals surface area (Å²) in [5, 5.41) is 10.4. The standard InChI is InChI=1S/C34H36ClF3N4O6S2/c1-20(2)42(50(46,47)23-14-15-25(39)24(35)18-23)26(19-43)27-16-17-28(49-27)31(34(36,37)38)41(33(45)48-3)32(44)30(40)29(21-10-6-4-7-11-21)22-12-8-5-9-13-22/h4-18,20,26,29-31,43H,19,39-40H2,1-3H3/t26-,30+,31-/m1/s1. The predicted octanol–water partition coefficient (Wildman–Crippen LogP) is 6.47. The molecule has 4 rings (SSSR count). The van der Waals surface area contributed by atoms with Gasteiger partial charge in [0.1, 0.15) is 0 Å². The summed E-state index contributed by atoms with van der Waals surface area (Å²) in [6.07, 6.45) is -6.84. The molecule has 3 aromatic carbocycles. The molecular weight excluding hydrogens is 717 g/mol. The lowest BCUT2D eigenvalue weighted by Crippen LogP contribution is -2.53. The van der Waals surface area contributed by atoms with Crippen molar-refractivity contribution < 1.29 is 41.0 Å². The number of amides is 2. The Morgan fingerprint density at radius 3 is 1.94 bits per heavy atom. The minimum Gasteiger partial charge on any atom is -0.452 e. The lowest BCUT2D eigenvalue weighted by atomic mass is 9.84. The predicted molar refractivity (Wildman–Crippen MR) is 185 cm³/mol. The topological polar surface area (TPSA) is 156 Å². The quantitative estimate of drug-likeness (QED) is 0.139. The van der Waals surface area contributed by atoms with Gasteiger partial charge in [-0.2, -0.15) is 17.5 Å². The van der Waals surface area contributed by atoms with Crippen molar-refractivity contribution >= 4 is 50.6 Å². The summed E-state index contributed by atoms with van der Waals surface area (Å²) in [4.78, 5) is 26.4. The molecule has 0 aliphatic carbocycles. The first-order chi connectivity index (χ1) is 23.5. The van der Waals surface area contributed by atoms with E-state index in [2.05, 4.69) is 0 Å². The average molecular weight is 753 g/mol. The Hall–Kier alpha value is -3.99. The molecule has 4 aromatic rings. The smallest absolute Gasteiger partial charge is 0.417 e. The first-order valence-electron chi connectivity index (χ1n) is 15.2. The highest BCUT2D eigenvalue weighted by Gasteiger charge is 2.52. The van der Waals surface area contributed by atoms with Crippen molar-refractivity contribution in [2.45, 2.75) is 55.0 Å². The lowest BCUT2D eigenvalue weighted by molar-refractivity contribution is -0.186. The highest BCUT2D eigenvalue weighted by molar-refractivity contribution is 7.89. The molecule has 10 nitrogen and oxygen atoms in total. The molecule has 0 bridgehead atoms. The minimum atomic E-state index is -5.24. The number of methoxy groups -OCH3 is 1. The van der Waals surface area contributed by atoms with E-state index in [4.69, 9.17) is 27.8 Å². The number of benzene rings is 3. The van der Waals surface area contributed by atoms with Crippen LogP contribution in [0.5, 0.6) is 0 Å². The van der Waals surface area contributed by atoms with Crippen LogP contribution in [-0.4, -0.2) is 66.7 Å². The zero-order chi connectivity index (χ0) is 37.0. The van der Waals surface area contributed by atoms with Gasteiger partial charge in [0, 0.05) is 21.7 Å². The van der Waals surface area contributed by atoms with E-state index >= 15 is 13.2 Å². The van der Waals surface area contributed by atoms with Gasteiger partial charge < -0.3 is 21.3 Å². The minimum absolute atomic E-state index is 0.00331. The van der Waals surface area contributed by atoms with Crippen LogP contribution in [0.15, 0.2) is 95.9 Å². The molecule has 0 saturated heterocycles. The molecule has 16 heteroatoms. The maximum atomic E-state index is 15.1. The zero-order valence-electron chi connectivity index (χ0n) is 27.1. The molecule has 0 radical (unpaired) electrons. The van der Waals surface area contributed by atoms with Gasteiger partial charge in [0.2, 0.25) is 10.0 Å². The Morgan fingerprint density at radius 2 is 1.48 bits per heavy atom. The van der Waals surface area contributed by atoms with Crippen LogP contribution < -0.4 is 11.5 Å². The van der Waals surface area contributed by atoms with Gasteiger partial charge in [0.15, 0.2) is 6.04 Å². The summed E-state index contributed by atoms with van der Waals surface area (Å²) in [6.45, 7) is 2.24. The number of imide groups is 1. The summed E-state index contributed by atoms with van der Waals surface area (Å²) in [5.74, 6) is -2.31. The summed E-state index contributed by atoms with van der Waals surface area (Å²) in [6, 6.07) is 16.0. The largest absolute Gasteiger partial charge is 0.452 e. The molecule has 0 aliphatic heterocycles. The molecule has 3 atom stereocenters. The van der Waals surface area contributed by atoms with Crippen LogP contribution >= 0.6 is 22.9 Å². The molecule has 1 heterocycles. The molecule has 0 spiro atoms. The van der Waals surface area contributed by atoms with Crippen LogP contribution in [-0.2, 0) is 19.6 Å². The summed E-state index contributed by atoms with van der Waals surface area (Å²) in [7, 11) is -3.56. The number of thiophene rings is 1. The number of ether oxygens (including phenoxy) is 1. The van der Waals surface area contributed by atoms with Crippen molar-refractivity contribution in [2.75, 3.05) is 19.5 Å². The van der Waals surface area contributed by atoms with Gasteiger partial charge in [-0.15, -0.1) is 11.3 Å². The molecule has 0 unspecified atom stereocenters. The van der Waals surface area contributed by atoms with E-state index in [9.17, 15) is 23.1 Å². The van der Waals surface area contributed by atoms with Crippen LogP contribution in [0.3, 0.4) is 0 Å². The Balaban J connectivity index is 1.80. The van der Waals surface area contributed by atoms with Crippen LogP contribution in [0.4, 0.5) is 23.7 Å². The Bertz CT molecular complexity index is 1860. The average Bonchev–Trinajstić information content (AvgIpc) is 3.55. The fourth-order valence-corrected chi connectivity index (χ4v) is 9.02. The van der Waals surface area contributed by atoms with Crippen LogP contribution in [0, 0.1) is 0 Å². The number of nitrogens with zero attached hydrogens (tertiary/aromatic N) is 2. The van der Waals surface area contributed by atoms with Gasteiger partial charge in [-0.25, -0.2) is 18.1 Å². The van der Waals surface area contributed by atoms with Gasteiger partial charge in [-0.3, -0.25) is 4.79 Å². The summed E-state index contributed by atoms with van der Waals surface area (Å²) >= 11 is 6.55. The number of rotatable bonds is 12. The molecule has 1 aromatic heterocycles. The molecule has 268 valence electrons. The molecule has 0 aliphatic rings. The number of nitrogens with two attached hydrogens (primary N) is 2. The number of carbonyl (C=O) groups excluding carboxylic acids is 2. The van der Waals surface area contributed by atoms with Crippen molar-refractivity contribution in [3.8, 4) is 0 Å². The Morgan fingerprint density at radius 1 is 0.940 bits per heavy atom. The SMILES string of the molecule is COC(=O)N(C(=O)[C@@H](N)C(c1ccccc1)c1ccccc1)[C@H](c1ccc([C@@H](CO)N(C(C)C)S(=O)(=O)c2ccc(N)c(Cl)c2)s1)C(F)(F)F. The van der Waals surface area contributed by atoms with E-state index in [0.29, 0.717) is 22.5 Å². The monoisotopic (exact) mass is 752 g/mol. The summed E-state index contributed by atoms with van der Waals surface area (Å²) < 4.78 is 78.5. The number of hydrogen-bond acceptors (Lipinski definition) is 9. The zero-order valence-corrected chi connectivity index (χ0v) is 29.5. The maximum absolute atomic E-state index is 15.1. The first kappa shape index (κ1) is 38.8. The van der Waals surface area contributed by atoms with E-state index in [0.717, 1.165) is 23.5 Å². The van der Waals surface area contributed by atoms with Gasteiger partial charge >= 0.3 is 12.3 Å². The number of sulfonamides is 1. The van der Waals surface area contributed by atoms with Gasteiger partial charge in [0.25, 0.3) is 5.91 Å². The molecule has 0 fully saturated rings. The van der Waals surface area contributed by atoms with Crippen LogP contribution in [0.25, 0.3) is 0 Å². The molecule has 50 heavy (non-hydrogen) atoms. The number of aliphatic hydroxyl groups excluding tert-OH is 1. The van der Waals surface area contributed by atoms with Gasteiger partial charge in [-0.05, 0) is 55.3 Å². The van der Waals surface area contributed by atoms with Gasteiger partial charge in [-0.1, -0.05) is 72.3 Å². The number of nitrogen functional groups attached to an aromatic ring is 1. The van der Waals surface area contributed by atoms with Crippen molar-refractivity contribution in [3.63, 3.8) is 0 Å². The van der Waals surface area contributed by atoms with Crippen molar-refractivity contribution in [2.24, 2.45) is 5.73 Å². The van der Waals surface area contributed by atoms with E-state index in [1.807, 2.05) is 0 Å². The second-order valence-electron chi connectivity index (χ2n) is 11.5. The number of carbonyl (C=O) groups is 2. The van der Waals surface area contributed by atoms with Crippen LogP contribution in [0.2, 0.25) is 5.02 Å². The number of halogens is 4. The van der Waals surface area contributed by atoms with E-state index in [-0.39, 0.29) is 25.4 Å². The number of aliphatic hydroxyl groups is 1.